The van der Waals surface area contributed by atoms with Crippen LogP contribution >= 0.6 is 11.6 Å². The Morgan fingerprint density at radius 3 is 2.82 bits per heavy atom. The predicted molar refractivity (Wildman–Crippen MR) is 124 cm³/mol. The Labute approximate surface area is 196 Å². The first-order valence-electron chi connectivity index (χ1n) is 10.7. The second-order valence-corrected chi connectivity index (χ2v) is 8.40. The molecule has 11 heteroatoms. The predicted octanol–water partition coefficient (Wildman–Crippen LogP) is 3.55. The lowest BCUT2D eigenvalue weighted by atomic mass is 9.89. The number of carbonyl (C=O) groups is 1. The fourth-order valence-corrected chi connectivity index (χ4v) is 4.39. The maximum atomic E-state index is 11.9. The highest BCUT2D eigenvalue weighted by Crippen LogP contribution is 2.43. The minimum absolute atomic E-state index is 0.0168. The maximum absolute atomic E-state index is 11.9. The van der Waals surface area contributed by atoms with E-state index in [-0.39, 0.29) is 23.7 Å². The number of amides is 1. The topological polar surface area (TPSA) is 141 Å². The minimum atomic E-state index is -0.280. The van der Waals surface area contributed by atoms with E-state index >= 15 is 0 Å². The van der Waals surface area contributed by atoms with Crippen LogP contribution in [0.2, 0.25) is 5.02 Å². The number of nitrogens with two attached hydrogens (primary N) is 1. The Kier molecular flexibility index (Phi) is 6.37. The number of ether oxygens (including phenoxy) is 1. The molecule has 3 aromatic rings. The average molecular weight is 472 g/mol. The highest BCUT2D eigenvalue weighted by Gasteiger charge is 2.31. The number of carbonyl (C=O) groups excluding carboxylic acids is 1. The van der Waals surface area contributed by atoms with Crippen LogP contribution in [0.4, 0.5) is 11.6 Å². The molecule has 0 aliphatic carbocycles. The quantitative estimate of drug-likeness (QED) is 0.471. The van der Waals surface area contributed by atoms with E-state index in [2.05, 4.69) is 31.0 Å². The van der Waals surface area contributed by atoms with Crippen molar-refractivity contribution in [3.63, 3.8) is 0 Å². The second-order valence-electron chi connectivity index (χ2n) is 7.99. The molecule has 4 N–H and O–H groups in total. The summed E-state index contributed by atoms with van der Waals surface area (Å²) in [6.45, 7) is 8.63. The van der Waals surface area contributed by atoms with E-state index in [4.69, 9.17) is 26.6 Å². The molecule has 174 valence electrons. The van der Waals surface area contributed by atoms with E-state index in [9.17, 15) is 4.79 Å². The molecule has 0 radical (unpaired) electrons. The molecule has 0 spiro atoms. The van der Waals surface area contributed by atoms with Crippen LogP contribution in [0.1, 0.15) is 54.6 Å². The van der Waals surface area contributed by atoms with Crippen LogP contribution in [0.5, 0.6) is 5.75 Å². The molecule has 1 saturated heterocycles. The van der Waals surface area contributed by atoms with Crippen molar-refractivity contribution in [2.45, 2.75) is 46.1 Å². The Morgan fingerprint density at radius 2 is 2.18 bits per heavy atom. The largest absolute Gasteiger partial charge is 0.493 e. The van der Waals surface area contributed by atoms with Gasteiger partial charge in [-0.15, -0.1) is 5.10 Å². The smallest absolute Gasteiger partial charge is 0.220 e. The highest BCUT2D eigenvalue weighted by atomic mass is 35.5. The molecular formula is C22H26ClN7O3. The number of nitrogen functional groups attached to an aromatic ring is 1. The fraction of sp³-hybridized carbons (Fsp3) is 0.409. The zero-order chi connectivity index (χ0) is 23.7. The van der Waals surface area contributed by atoms with E-state index in [0.717, 1.165) is 22.4 Å². The van der Waals surface area contributed by atoms with Gasteiger partial charge in [0, 0.05) is 40.3 Å². The third kappa shape index (κ3) is 4.30. The number of rotatable bonds is 7. The molecule has 3 heterocycles. The molecule has 1 aliphatic heterocycles. The van der Waals surface area contributed by atoms with E-state index in [0.29, 0.717) is 47.4 Å². The van der Waals surface area contributed by atoms with E-state index in [1.165, 1.54) is 6.33 Å². The normalized spacial score (nSPS) is 16.5. The van der Waals surface area contributed by atoms with Crippen molar-refractivity contribution in [2.24, 2.45) is 0 Å². The lowest BCUT2D eigenvalue weighted by Crippen LogP contribution is -2.16. The number of anilines is 2. The molecule has 1 fully saturated rings. The molecule has 0 bridgehead atoms. The zero-order valence-electron chi connectivity index (χ0n) is 18.9. The van der Waals surface area contributed by atoms with Gasteiger partial charge in [-0.2, -0.15) is 0 Å². The van der Waals surface area contributed by atoms with Crippen LogP contribution in [0.3, 0.4) is 0 Å². The van der Waals surface area contributed by atoms with Gasteiger partial charge in [-0.3, -0.25) is 4.79 Å². The van der Waals surface area contributed by atoms with Crippen molar-refractivity contribution in [3.05, 3.63) is 39.8 Å². The van der Waals surface area contributed by atoms with Gasteiger partial charge in [0.15, 0.2) is 5.76 Å². The summed E-state index contributed by atoms with van der Waals surface area (Å²) >= 11 is 6.65. The SMILES string of the molecule is CCOc1c(C(C)Nc2ncnc(N)c2-c2onnc2C)cc(Cl)c(C)c1C1CNC(=O)C1. The first kappa shape index (κ1) is 22.8. The van der Waals surface area contributed by atoms with Crippen LogP contribution in [-0.2, 0) is 4.79 Å². The summed E-state index contributed by atoms with van der Waals surface area (Å²) in [5.74, 6) is 1.83. The number of aryl methyl sites for hydroxylation is 1. The molecule has 10 nitrogen and oxygen atoms in total. The molecule has 4 rings (SSSR count). The molecule has 1 amide bonds. The third-order valence-electron chi connectivity index (χ3n) is 5.80. The molecule has 0 saturated carbocycles. The molecule has 1 aliphatic rings. The molecule has 1 aromatic carbocycles. The van der Waals surface area contributed by atoms with Crippen molar-refractivity contribution in [1.82, 2.24) is 25.7 Å². The van der Waals surface area contributed by atoms with Crippen LogP contribution in [0, 0.1) is 13.8 Å². The molecule has 2 unspecified atom stereocenters. The van der Waals surface area contributed by atoms with Crippen LogP contribution < -0.4 is 21.1 Å². The first-order chi connectivity index (χ1) is 15.8. The Bertz CT molecular complexity index is 1200. The minimum Gasteiger partial charge on any atom is -0.493 e. The first-order valence-corrected chi connectivity index (χ1v) is 11.1. The summed E-state index contributed by atoms with van der Waals surface area (Å²) in [7, 11) is 0. The summed E-state index contributed by atoms with van der Waals surface area (Å²) in [5, 5.41) is 14.4. The van der Waals surface area contributed by atoms with Gasteiger partial charge in [0.1, 0.15) is 35.0 Å². The van der Waals surface area contributed by atoms with Crippen LogP contribution in [-0.4, -0.2) is 39.4 Å². The van der Waals surface area contributed by atoms with Gasteiger partial charge in [-0.25, -0.2) is 9.97 Å². The zero-order valence-corrected chi connectivity index (χ0v) is 19.7. The second kappa shape index (κ2) is 9.22. The summed E-state index contributed by atoms with van der Waals surface area (Å²) in [6.07, 6.45) is 1.77. The van der Waals surface area contributed by atoms with Gasteiger partial charge in [-0.05, 0) is 39.3 Å². The van der Waals surface area contributed by atoms with Crippen LogP contribution in [0.15, 0.2) is 16.9 Å². The van der Waals surface area contributed by atoms with E-state index < -0.39 is 0 Å². The lowest BCUT2D eigenvalue weighted by Gasteiger charge is -2.25. The summed E-state index contributed by atoms with van der Waals surface area (Å²) < 4.78 is 11.4. The lowest BCUT2D eigenvalue weighted by molar-refractivity contribution is -0.119. The standard InChI is InChI=1S/C22H26ClN7O3/c1-5-32-20-14(7-15(23)10(2)17(20)13-6-16(31)25-8-13)11(3)28-22-18(21(24)26-9-27-22)19-12(4)29-30-33-19/h7,9,11,13H,5-6,8H2,1-4H3,(H,25,31)(H3,24,26,27,28). The number of halogens is 1. The van der Waals surface area contributed by atoms with Crippen LogP contribution in [0.25, 0.3) is 11.3 Å². The van der Waals surface area contributed by atoms with Gasteiger partial charge in [0.2, 0.25) is 5.91 Å². The number of benzene rings is 1. The van der Waals surface area contributed by atoms with Gasteiger partial charge < -0.3 is 25.6 Å². The van der Waals surface area contributed by atoms with Crippen molar-refractivity contribution < 1.29 is 14.1 Å². The summed E-state index contributed by atoms with van der Waals surface area (Å²) in [4.78, 5) is 20.4. The maximum Gasteiger partial charge on any atom is 0.220 e. The average Bonchev–Trinajstić information content (AvgIpc) is 3.39. The Morgan fingerprint density at radius 1 is 1.39 bits per heavy atom. The van der Waals surface area contributed by atoms with Crippen molar-refractivity contribution in [1.29, 1.82) is 0 Å². The van der Waals surface area contributed by atoms with Gasteiger partial charge in [-0.1, -0.05) is 11.6 Å². The summed E-state index contributed by atoms with van der Waals surface area (Å²) in [6, 6.07) is 1.61. The molecule has 33 heavy (non-hydrogen) atoms. The number of hydrogen-bond donors (Lipinski definition) is 3. The van der Waals surface area contributed by atoms with Gasteiger partial charge in [0.25, 0.3) is 0 Å². The number of nitrogens with zero attached hydrogens (tertiary/aromatic N) is 4. The van der Waals surface area contributed by atoms with E-state index in [1.54, 1.807) is 6.92 Å². The Hall–Kier alpha value is -3.40. The number of aromatic nitrogens is 4. The number of nitrogens with one attached hydrogen (secondary N) is 2. The number of hydrogen-bond acceptors (Lipinski definition) is 9. The van der Waals surface area contributed by atoms with Gasteiger partial charge >= 0.3 is 0 Å². The monoisotopic (exact) mass is 471 g/mol. The third-order valence-corrected chi connectivity index (χ3v) is 6.19. The van der Waals surface area contributed by atoms with Crippen molar-refractivity contribution in [3.8, 4) is 17.1 Å². The molecule has 2 atom stereocenters. The van der Waals surface area contributed by atoms with E-state index in [1.807, 2.05) is 26.8 Å². The van der Waals surface area contributed by atoms with Gasteiger partial charge in [0.05, 0.1) is 12.6 Å². The fourth-order valence-electron chi connectivity index (χ4n) is 4.17. The summed E-state index contributed by atoms with van der Waals surface area (Å²) in [5.41, 5.74) is 9.90. The van der Waals surface area contributed by atoms with Crippen molar-refractivity contribution >= 4 is 29.1 Å². The van der Waals surface area contributed by atoms with Crippen molar-refractivity contribution in [2.75, 3.05) is 24.2 Å². The molecular weight excluding hydrogens is 446 g/mol. The Balaban J connectivity index is 1.78. The molecule has 2 aromatic heterocycles. The highest BCUT2D eigenvalue weighted by molar-refractivity contribution is 6.31.